The summed E-state index contributed by atoms with van der Waals surface area (Å²) in [6.45, 7) is 0.819. The molecule has 0 radical (unpaired) electrons. The Balaban J connectivity index is 2.21. The summed E-state index contributed by atoms with van der Waals surface area (Å²) < 4.78 is 0. The number of thioether (sulfide) groups is 1. The summed E-state index contributed by atoms with van der Waals surface area (Å²) in [6.07, 6.45) is 0. The third kappa shape index (κ3) is 5.90. The lowest BCUT2D eigenvalue weighted by Crippen LogP contribution is -1.92. The first-order valence-corrected chi connectivity index (χ1v) is 6.33. The maximum Gasteiger partial charge on any atom is 0.0991 e. The molecule has 0 aliphatic rings. The number of rotatable bonds is 7. The van der Waals surface area contributed by atoms with Crippen LogP contribution in [0.4, 0.5) is 5.69 Å². The van der Waals surface area contributed by atoms with Crippen molar-refractivity contribution in [2.45, 2.75) is 0 Å². The van der Waals surface area contributed by atoms with Crippen LogP contribution in [0, 0.1) is 11.3 Å². The van der Waals surface area contributed by atoms with Crippen LogP contribution in [-0.2, 0) is 0 Å². The van der Waals surface area contributed by atoms with E-state index in [0.29, 0.717) is 12.1 Å². The smallest absolute Gasteiger partial charge is 0.0991 e. The van der Waals surface area contributed by atoms with E-state index in [2.05, 4.69) is 15.8 Å². The first-order chi connectivity index (χ1) is 8.36. The van der Waals surface area contributed by atoms with Crippen LogP contribution in [0.5, 0.6) is 0 Å². The van der Waals surface area contributed by atoms with Gasteiger partial charge in [-0.1, -0.05) is 5.22 Å². The van der Waals surface area contributed by atoms with Crippen LogP contribution < -0.4 is 5.43 Å². The summed E-state index contributed by atoms with van der Waals surface area (Å²) in [6, 6.07) is 9.03. The number of nitrogens with zero attached hydrogens (tertiary/aromatic N) is 3. The van der Waals surface area contributed by atoms with Gasteiger partial charge in [0.05, 0.1) is 30.5 Å². The molecule has 0 aliphatic carbocycles. The molecule has 90 valence electrons. The zero-order valence-electron chi connectivity index (χ0n) is 9.33. The van der Waals surface area contributed by atoms with Gasteiger partial charge >= 0.3 is 0 Å². The standard InChI is InChI=1S/C11H14N4OS/c12-9-10-1-3-11(4-2-10)14-15-13-5-7-17-8-6-16/h1-4,16H,5-8H2,(H,13,14). The van der Waals surface area contributed by atoms with Crippen molar-refractivity contribution in [3.63, 3.8) is 0 Å². The largest absolute Gasteiger partial charge is 0.396 e. The van der Waals surface area contributed by atoms with Crippen molar-refractivity contribution in [2.24, 2.45) is 10.3 Å². The average molecular weight is 250 g/mol. The van der Waals surface area contributed by atoms with Gasteiger partial charge in [0.2, 0.25) is 0 Å². The number of hydrogen-bond donors (Lipinski definition) is 2. The fourth-order valence-corrected chi connectivity index (χ4v) is 1.58. The van der Waals surface area contributed by atoms with E-state index >= 15 is 0 Å². The van der Waals surface area contributed by atoms with E-state index in [1.54, 1.807) is 36.0 Å². The number of anilines is 1. The molecule has 6 heteroatoms. The van der Waals surface area contributed by atoms with Crippen LogP contribution in [0.2, 0.25) is 0 Å². The van der Waals surface area contributed by atoms with Gasteiger partial charge in [-0.15, -0.1) is 0 Å². The third-order valence-electron chi connectivity index (χ3n) is 1.84. The first kappa shape index (κ1) is 13.5. The molecule has 17 heavy (non-hydrogen) atoms. The second-order valence-electron chi connectivity index (χ2n) is 3.10. The molecule has 0 amide bonds. The van der Waals surface area contributed by atoms with Gasteiger partial charge in [-0.25, -0.2) is 0 Å². The SMILES string of the molecule is N#Cc1ccc(NN=NCCSCCO)cc1. The zero-order chi connectivity index (χ0) is 12.3. The van der Waals surface area contributed by atoms with Crippen molar-refractivity contribution >= 4 is 17.4 Å². The van der Waals surface area contributed by atoms with E-state index in [1.165, 1.54) is 0 Å². The average Bonchev–Trinajstić information content (AvgIpc) is 2.38. The van der Waals surface area contributed by atoms with E-state index in [0.717, 1.165) is 17.2 Å². The second-order valence-corrected chi connectivity index (χ2v) is 4.33. The highest BCUT2D eigenvalue weighted by Crippen LogP contribution is 2.08. The van der Waals surface area contributed by atoms with Crippen LogP contribution in [0.25, 0.3) is 0 Å². The number of benzene rings is 1. The Labute approximate surface area is 105 Å². The number of aliphatic hydroxyl groups excluding tert-OH is 1. The molecule has 0 atom stereocenters. The summed E-state index contributed by atoms with van der Waals surface area (Å²) in [4.78, 5) is 0. The molecule has 0 heterocycles. The minimum Gasteiger partial charge on any atom is -0.396 e. The molecule has 1 aromatic rings. The Hall–Kier alpha value is -1.58. The van der Waals surface area contributed by atoms with E-state index in [9.17, 15) is 0 Å². The lowest BCUT2D eigenvalue weighted by Gasteiger charge is -1.98. The van der Waals surface area contributed by atoms with Crippen molar-refractivity contribution in [2.75, 3.05) is 30.1 Å². The lowest BCUT2D eigenvalue weighted by molar-refractivity contribution is 0.322. The van der Waals surface area contributed by atoms with E-state index in [-0.39, 0.29) is 6.61 Å². The highest BCUT2D eigenvalue weighted by atomic mass is 32.2. The van der Waals surface area contributed by atoms with Gasteiger partial charge in [0, 0.05) is 11.5 Å². The Kier molecular flexibility index (Phi) is 6.79. The van der Waals surface area contributed by atoms with Crippen molar-refractivity contribution in [3.05, 3.63) is 29.8 Å². The highest BCUT2D eigenvalue weighted by Gasteiger charge is 1.91. The van der Waals surface area contributed by atoms with Crippen molar-refractivity contribution < 1.29 is 5.11 Å². The molecule has 0 aliphatic heterocycles. The molecule has 0 saturated carbocycles. The molecule has 0 fully saturated rings. The summed E-state index contributed by atoms with van der Waals surface area (Å²) in [7, 11) is 0. The van der Waals surface area contributed by atoms with Crippen LogP contribution in [0.1, 0.15) is 5.56 Å². The normalized spacial score (nSPS) is 10.4. The molecular weight excluding hydrogens is 236 g/mol. The number of nitrogens with one attached hydrogen (secondary N) is 1. The highest BCUT2D eigenvalue weighted by molar-refractivity contribution is 7.99. The molecule has 0 bridgehead atoms. The number of nitriles is 1. The van der Waals surface area contributed by atoms with Crippen LogP contribution in [0.3, 0.4) is 0 Å². The summed E-state index contributed by atoms with van der Waals surface area (Å²) in [5.41, 5.74) is 4.20. The predicted molar refractivity (Wildman–Crippen MR) is 68.9 cm³/mol. The molecule has 1 aromatic carbocycles. The minimum atomic E-state index is 0.200. The summed E-state index contributed by atoms with van der Waals surface area (Å²) >= 11 is 1.64. The fourth-order valence-electron chi connectivity index (χ4n) is 1.03. The minimum absolute atomic E-state index is 0.200. The van der Waals surface area contributed by atoms with Gasteiger partial charge in [-0.05, 0) is 24.3 Å². The van der Waals surface area contributed by atoms with Gasteiger partial charge in [-0.3, -0.25) is 5.43 Å². The fraction of sp³-hybridized carbons (Fsp3) is 0.364. The second kappa shape index (κ2) is 8.56. The number of aliphatic hydroxyl groups is 1. The molecule has 0 saturated heterocycles. The molecular formula is C11H14N4OS. The summed E-state index contributed by atoms with van der Waals surface area (Å²) in [5.74, 6) is 1.58. The molecule has 0 aromatic heterocycles. The zero-order valence-corrected chi connectivity index (χ0v) is 10.2. The van der Waals surface area contributed by atoms with Gasteiger partial charge in [0.15, 0.2) is 0 Å². The lowest BCUT2D eigenvalue weighted by atomic mass is 10.2. The molecule has 0 unspecified atom stereocenters. The third-order valence-corrected chi connectivity index (χ3v) is 2.78. The van der Waals surface area contributed by atoms with Gasteiger partial charge in [0.25, 0.3) is 0 Å². The van der Waals surface area contributed by atoms with Gasteiger partial charge in [-0.2, -0.15) is 22.1 Å². The molecule has 1 rings (SSSR count). The molecule has 2 N–H and O–H groups in total. The maximum atomic E-state index is 8.61. The van der Waals surface area contributed by atoms with Gasteiger partial charge in [0.1, 0.15) is 0 Å². The van der Waals surface area contributed by atoms with Crippen molar-refractivity contribution in [1.82, 2.24) is 0 Å². The predicted octanol–water partition coefficient (Wildman–Crippen LogP) is 2.06. The monoisotopic (exact) mass is 250 g/mol. The van der Waals surface area contributed by atoms with Gasteiger partial charge < -0.3 is 5.11 Å². The van der Waals surface area contributed by atoms with E-state index in [4.69, 9.17) is 10.4 Å². The van der Waals surface area contributed by atoms with E-state index < -0.39 is 0 Å². The Morgan fingerprint density at radius 3 is 2.71 bits per heavy atom. The Morgan fingerprint density at radius 1 is 1.29 bits per heavy atom. The molecule has 5 nitrogen and oxygen atoms in total. The quantitative estimate of drug-likeness (QED) is 0.441. The first-order valence-electron chi connectivity index (χ1n) is 5.18. The van der Waals surface area contributed by atoms with Crippen molar-refractivity contribution in [1.29, 1.82) is 5.26 Å². The summed E-state index contributed by atoms with van der Waals surface area (Å²) in [5, 5.41) is 24.9. The van der Waals surface area contributed by atoms with Crippen LogP contribution >= 0.6 is 11.8 Å². The maximum absolute atomic E-state index is 8.61. The van der Waals surface area contributed by atoms with Crippen LogP contribution in [-0.4, -0.2) is 29.8 Å². The van der Waals surface area contributed by atoms with Crippen molar-refractivity contribution in [3.8, 4) is 6.07 Å². The number of hydrogen-bond acceptors (Lipinski definition) is 5. The Bertz CT molecular complexity index is 385. The molecule has 0 spiro atoms. The van der Waals surface area contributed by atoms with Crippen LogP contribution in [0.15, 0.2) is 34.6 Å². The topological polar surface area (TPSA) is 80.8 Å². The Morgan fingerprint density at radius 2 is 2.06 bits per heavy atom. The van der Waals surface area contributed by atoms with E-state index in [1.807, 2.05) is 6.07 Å².